The SMILES string of the molecule is CC1C=C(N2C3=C(C=CCC3)C3C=CC=CC32)C=CC1C12CC3CC(CC(c4ccc(Br)cc4)(C3)C1)C2. The molecule has 1 aliphatic heterocycles. The molecule has 7 aliphatic carbocycles. The topological polar surface area (TPSA) is 3.24 Å². The summed E-state index contributed by atoms with van der Waals surface area (Å²) < 4.78 is 1.20. The number of rotatable bonds is 3. The van der Waals surface area contributed by atoms with E-state index >= 15 is 0 Å². The molecule has 1 heterocycles. The molecule has 0 radical (unpaired) electrons. The van der Waals surface area contributed by atoms with Crippen molar-refractivity contribution in [3.05, 3.63) is 106 Å². The third kappa shape index (κ3) is 3.40. The Labute approximate surface area is 230 Å². The van der Waals surface area contributed by atoms with Gasteiger partial charge in [-0.1, -0.05) is 83.6 Å². The molecule has 37 heavy (non-hydrogen) atoms. The van der Waals surface area contributed by atoms with Gasteiger partial charge in [0.2, 0.25) is 0 Å². The van der Waals surface area contributed by atoms with Gasteiger partial charge in [0.05, 0.1) is 6.04 Å². The number of fused-ring (bicyclic) bond motifs is 2. The average molecular weight is 553 g/mol. The molecule has 4 saturated carbocycles. The monoisotopic (exact) mass is 551 g/mol. The second kappa shape index (κ2) is 8.22. The molecule has 8 aliphatic rings. The summed E-state index contributed by atoms with van der Waals surface area (Å²) >= 11 is 3.68. The molecular weight excluding hydrogens is 514 g/mol. The molecule has 9 rings (SSSR count). The van der Waals surface area contributed by atoms with E-state index in [2.05, 4.69) is 107 Å². The second-order valence-corrected chi connectivity index (χ2v) is 14.4. The van der Waals surface area contributed by atoms with Crippen molar-refractivity contribution in [2.45, 2.75) is 69.7 Å². The van der Waals surface area contributed by atoms with Crippen LogP contribution < -0.4 is 0 Å². The van der Waals surface area contributed by atoms with Crippen molar-refractivity contribution in [2.24, 2.45) is 35.0 Å². The molecular formula is C35H38BrN. The van der Waals surface area contributed by atoms with E-state index < -0.39 is 0 Å². The summed E-state index contributed by atoms with van der Waals surface area (Å²) in [5, 5.41) is 0. The number of halogens is 1. The molecule has 6 atom stereocenters. The standard InChI is InChI=1S/C35H38BrN/c1-23-16-28(37-32-8-4-2-6-29(32)30-7-3-5-9-33(30)37)14-15-31(23)35-20-24-17-25(21-35)19-34(18-24,22-35)26-10-12-27(36)13-11-26/h2-4,6-8,10-16,23-25,29,31-32H,5,9,17-22H2,1H3. The molecule has 4 fully saturated rings. The van der Waals surface area contributed by atoms with Crippen LogP contribution in [0.5, 0.6) is 0 Å². The zero-order valence-electron chi connectivity index (χ0n) is 22.0. The summed E-state index contributed by atoms with van der Waals surface area (Å²) in [4.78, 5) is 2.70. The highest BCUT2D eigenvalue weighted by Gasteiger charge is 2.60. The van der Waals surface area contributed by atoms with Crippen LogP contribution in [-0.2, 0) is 5.41 Å². The molecule has 1 aromatic rings. The highest BCUT2D eigenvalue weighted by molar-refractivity contribution is 9.10. The third-order valence-corrected chi connectivity index (χ3v) is 11.8. The fraction of sp³-hybridized carbons (Fsp3) is 0.486. The first-order chi connectivity index (χ1) is 18.0. The van der Waals surface area contributed by atoms with Crippen molar-refractivity contribution in [1.82, 2.24) is 4.90 Å². The molecule has 2 heteroatoms. The highest BCUT2D eigenvalue weighted by Crippen LogP contribution is 2.69. The van der Waals surface area contributed by atoms with E-state index in [9.17, 15) is 0 Å². The maximum atomic E-state index is 3.68. The Morgan fingerprint density at radius 1 is 0.919 bits per heavy atom. The maximum Gasteiger partial charge on any atom is 0.0626 e. The van der Waals surface area contributed by atoms with Gasteiger partial charge in [-0.05, 0) is 115 Å². The number of nitrogens with zero attached hydrogens (tertiary/aromatic N) is 1. The fourth-order valence-electron chi connectivity index (χ4n) is 10.5. The quantitative estimate of drug-likeness (QED) is 0.362. The van der Waals surface area contributed by atoms with E-state index in [0.29, 0.717) is 34.6 Å². The zero-order chi connectivity index (χ0) is 24.8. The van der Waals surface area contributed by atoms with Crippen molar-refractivity contribution < 1.29 is 0 Å². The minimum atomic E-state index is 0.401. The molecule has 6 unspecified atom stereocenters. The van der Waals surface area contributed by atoms with Gasteiger partial charge in [0, 0.05) is 21.8 Å². The Morgan fingerprint density at radius 2 is 1.70 bits per heavy atom. The highest BCUT2D eigenvalue weighted by atomic mass is 79.9. The molecule has 0 aromatic heterocycles. The van der Waals surface area contributed by atoms with E-state index in [1.807, 2.05) is 0 Å². The van der Waals surface area contributed by atoms with Gasteiger partial charge in [0.25, 0.3) is 0 Å². The lowest BCUT2D eigenvalue weighted by Crippen LogP contribution is -2.57. The fourth-order valence-corrected chi connectivity index (χ4v) is 10.7. The maximum absolute atomic E-state index is 3.68. The second-order valence-electron chi connectivity index (χ2n) is 13.4. The van der Waals surface area contributed by atoms with Crippen LogP contribution in [0.1, 0.15) is 63.9 Å². The van der Waals surface area contributed by atoms with Crippen molar-refractivity contribution >= 4 is 15.9 Å². The first-order valence-electron chi connectivity index (χ1n) is 14.7. The Balaban J connectivity index is 1.12. The van der Waals surface area contributed by atoms with Gasteiger partial charge >= 0.3 is 0 Å². The molecule has 1 aromatic carbocycles. The summed E-state index contributed by atoms with van der Waals surface area (Å²) in [5.74, 6) is 3.58. The van der Waals surface area contributed by atoms with Gasteiger partial charge in [0.1, 0.15) is 0 Å². The molecule has 0 spiro atoms. The molecule has 4 bridgehead atoms. The Morgan fingerprint density at radius 3 is 2.49 bits per heavy atom. The largest absolute Gasteiger partial charge is 0.337 e. The van der Waals surface area contributed by atoms with Crippen LogP contribution in [0.4, 0.5) is 0 Å². The van der Waals surface area contributed by atoms with Crippen molar-refractivity contribution in [1.29, 1.82) is 0 Å². The van der Waals surface area contributed by atoms with Gasteiger partial charge in [-0.25, -0.2) is 0 Å². The van der Waals surface area contributed by atoms with E-state index in [-0.39, 0.29) is 0 Å². The lowest BCUT2D eigenvalue weighted by molar-refractivity contribution is -0.100. The smallest absolute Gasteiger partial charge is 0.0626 e. The number of hydrogen-bond acceptors (Lipinski definition) is 1. The summed E-state index contributed by atoms with van der Waals surface area (Å²) in [6.45, 7) is 2.53. The van der Waals surface area contributed by atoms with E-state index in [0.717, 1.165) is 11.8 Å². The van der Waals surface area contributed by atoms with E-state index in [1.54, 1.807) is 16.8 Å². The van der Waals surface area contributed by atoms with E-state index in [1.165, 1.54) is 61.5 Å². The predicted octanol–water partition coefficient (Wildman–Crippen LogP) is 9.02. The lowest BCUT2D eigenvalue weighted by atomic mass is 9.39. The first kappa shape index (κ1) is 22.9. The summed E-state index contributed by atoms with van der Waals surface area (Å²) in [6, 6.07) is 9.87. The summed E-state index contributed by atoms with van der Waals surface area (Å²) in [6.07, 6.45) is 33.0. The molecule has 1 nitrogen and oxygen atoms in total. The lowest BCUT2D eigenvalue weighted by Gasteiger charge is -2.65. The average Bonchev–Trinajstić information content (AvgIpc) is 3.22. The molecule has 0 N–H and O–H groups in total. The molecule has 0 saturated heterocycles. The molecule has 0 amide bonds. The zero-order valence-corrected chi connectivity index (χ0v) is 23.5. The van der Waals surface area contributed by atoms with Gasteiger partial charge in [-0.15, -0.1) is 0 Å². The van der Waals surface area contributed by atoms with Crippen molar-refractivity contribution in [2.75, 3.05) is 0 Å². The first-order valence-corrected chi connectivity index (χ1v) is 15.5. The number of allylic oxidation sites excluding steroid dienone is 8. The number of hydrogen-bond donors (Lipinski definition) is 0. The summed E-state index contributed by atoms with van der Waals surface area (Å²) in [7, 11) is 0. The molecule has 190 valence electrons. The third-order valence-electron chi connectivity index (χ3n) is 11.3. The van der Waals surface area contributed by atoms with Crippen molar-refractivity contribution in [3.63, 3.8) is 0 Å². The van der Waals surface area contributed by atoms with Crippen LogP contribution in [0, 0.1) is 35.0 Å². The minimum absolute atomic E-state index is 0.401. The predicted molar refractivity (Wildman–Crippen MR) is 156 cm³/mol. The Hall–Kier alpha value is -2.06. The Kier molecular flexibility index (Phi) is 5.08. The van der Waals surface area contributed by atoms with Crippen LogP contribution in [0.25, 0.3) is 0 Å². The Bertz CT molecular complexity index is 1290. The van der Waals surface area contributed by atoms with Gasteiger partial charge < -0.3 is 4.90 Å². The van der Waals surface area contributed by atoms with Crippen LogP contribution in [0.15, 0.2) is 100 Å². The van der Waals surface area contributed by atoms with E-state index in [4.69, 9.17) is 0 Å². The van der Waals surface area contributed by atoms with Crippen molar-refractivity contribution in [3.8, 4) is 0 Å². The van der Waals surface area contributed by atoms with Gasteiger partial charge in [0.15, 0.2) is 0 Å². The summed E-state index contributed by atoms with van der Waals surface area (Å²) in [5.41, 5.74) is 7.05. The van der Waals surface area contributed by atoms with Crippen LogP contribution >= 0.6 is 15.9 Å². The van der Waals surface area contributed by atoms with Gasteiger partial charge in [-0.2, -0.15) is 0 Å². The normalized spacial score (nSPS) is 42.9. The minimum Gasteiger partial charge on any atom is -0.337 e. The van der Waals surface area contributed by atoms with Crippen LogP contribution in [0.2, 0.25) is 0 Å². The van der Waals surface area contributed by atoms with Gasteiger partial charge in [-0.3, -0.25) is 0 Å². The number of benzene rings is 1. The van der Waals surface area contributed by atoms with Crippen LogP contribution in [-0.4, -0.2) is 10.9 Å². The van der Waals surface area contributed by atoms with Crippen LogP contribution in [0.3, 0.4) is 0 Å².